The Morgan fingerprint density at radius 2 is 2.19 bits per heavy atom. The van der Waals surface area contributed by atoms with Gasteiger partial charge >= 0.3 is 0 Å². The van der Waals surface area contributed by atoms with Gasteiger partial charge in [0.2, 0.25) is 5.91 Å². The first-order valence-corrected chi connectivity index (χ1v) is 8.12. The number of aliphatic hydroxyl groups is 1. The minimum atomic E-state index is -0.343. The van der Waals surface area contributed by atoms with E-state index >= 15 is 0 Å². The molecule has 3 N–H and O–H groups in total. The first-order chi connectivity index (χ1) is 9.75. The summed E-state index contributed by atoms with van der Waals surface area (Å²) in [6.45, 7) is 1.96. The number of carbonyl (C=O) groups is 1. The molecule has 1 saturated heterocycles. The number of nitrogens with one attached hydrogen (secondary N) is 2. The molecule has 21 heavy (non-hydrogen) atoms. The summed E-state index contributed by atoms with van der Waals surface area (Å²) in [7, 11) is 0. The zero-order valence-corrected chi connectivity index (χ0v) is 13.4. The van der Waals surface area contributed by atoms with Crippen LogP contribution in [0.25, 0.3) is 0 Å². The zero-order valence-electron chi connectivity index (χ0n) is 11.7. The fourth-order valence-electron chi connectivity index (χ4n) is 2.90. The molecule has 0 radical (unpaired) electrons. The second-order valence-electron chi connectivity index (χ2n) is 5.46. The molecule has 3 atom stereocenters. The highest BCUT2D eigenvalue weighted by Crippen LogP contribution is 2.37. The summed E-state index contributed by atoms with van der Waals surface area (Å²) in [6, 6.07) is 8.16. The molecule has 1 amide bonds. The Morgan fingerprint density at radius 3 is 2.95 bits per heavy atom. The Bertz CT molecular complexity index is 500. The third-order valence-corrected chi connectivity index (χ3v) is 5.24. The van der Waals surface area contributed by atoms with Crippen molar-refractivity contribution in [3.05, 3.63) is 29.8 Å². The molecule has 116 valence electrons. The van der Waals surface area contributed by atoms with Gasteiger partial charge in [0.1, 0.15) is 0 Å². The van der Waals surface area contributed by atoms with E-state index in [0.717, 1.165) is 24.3 Å². The van der Waals surface area contributed by atoms with E-state index in [-0.39, 0.29) is 36.3 Å². The van der Waals surface area contributed by atoms with Crippen LogP contribution in [0.5, 0.6) is 0 Å². The van der Waals surface area contributed by atoms with Gasteiger partial charge in [-0.05, 0) is 23.8 Å². The van der Waals surface area contributed by atoms with Crippen molar-refractivity contribution >= 4 is 30.1 Å². The number of rotatable bonds is 3. The van der Waals surface area contributed by atoms with Crippen molar-refractivity contribution in [2.45, 2.75) is 23.3 Å². The highest BCUT2D eigenvalue weighted by Gasteiger charge is 2.29. The summed E-state index contributed by atoms with van der Waals surface area (Å²) in [6.07, 6.45) is 0.545. The molecule has 0 bridgehead atoms. The third-order valence-electron chi connectivity index (χ3n) is 4.12. The number of β-amino-alcohol motifs (C(OH)–C–C–N with tert-alkyl or cyclic N) is 1. The molecule has 3 unspecified atom stereocenters. The maximum absolute atomic E-state index is 12.4. The summed E-state index contributed by atoms with van der Waals surface area (Å²) < 4.78 is 0. The monoisotopic (exact) mass is 328 g/mol. The number of benzene rings is 1. The van der Waals surface area contributed by atoms with Gasteiger partial charge in [0.15, 0.2) is 0 Å². The molecule has 4 nitrogen and oxygen atoms in total. The average Bonchev–Trinajstić information content (AvgIpc) is 2.89. The molecule has 1 aromatic rings. The quantitative estimate of drug-likeness (QED) is 0.784. The number of hydrogen-bond donors (Lipinski definition) is 3. The lowest BCUT2D eigenvalue weighted by atomic mass is 9.94. The highest BCUT2D eigenvalue weighted by atomic mass is 35.5. The lowest BCUT2D eigenvalue weighted by molar-refractivity contribution is -0.123. The van der Waals surface area contributed by atoms with Gasteiger partial charge in [-0.25, -0.2) is 0 Å². The maximum atomic E-state index is 12.4. The number of halogens is 1. The maximum Gasteiger partial charge on any atom is 0.227 e. The molecule has 0 spiro atoms. The Labute approximate surface area is 135 Å². The van der Waals surface area contributed by atoms with Crippen LogP contribution in [0.4, 0.5) is 0 Å². The second-order valence-corrected chi connectivity index (χ2v) is 6.60. The number of aliphatic hydroxyl groups excluding tert-OH is 1. The van der Waals surface area contributed by atoms with Crippen LogP contribution in [0.15, 0.2) is 29.2 Å². The Morgan fingerprint density at radius 1 is 1.38 bits per heavy atom. The van der Waals surface area contributed by atoms with Crippen LogP contribution in [-0.4, -0.2) is 42.5 Å². The van der Waals surface area contributed by atoms with Crippen LogP contribution in [0.2, 0.25) is 0 Å². The SMILES string of the molecule is Cl.O=C(NCC1CNCC1O)C1CCSc2ccccc21. The minimum Gasteiger partial charge on any atom is -0.391 e. The van der Waals surface area contributed by atoms with Gasteiger partial charge in [0.05, 0.1) is 12.0 Å². The van der Waals surface area contributed by atoms with Crippen molar-refractivity contribution in [2.24, 2.45) is 5.92 Å². The Balaban J connectivity index is 0.00000161. The summed E-state index contributed by atoms with van der Waals surface area (Å²) in [5, 5.41) is 15.9. The van der Waals surface area contributed by atoms with Gasteiger partial charge in [-0.3, -0.25) is 4.79 Å². The summed E-state index contributed by atoms with van der Waals surface area (Å²) in [5.74, 6) is 1.17. The summed E-state index contributed by atoms with van der Waals surface area (Å²) >= 11 is 1.82. The van der Waals surface area contributed by atoms with Crippen LogP contribution in [-0.2, 0) is 4.79 Å². The van der Waals surface area contributed by atoms with Gasteiger partial charge in [-0.15, -0.1) is 24.2 Å². The van der Waals surface area contributed by atoms with Gasteiger partial charge in [0.25, 0.3) is 0 Å². The molecule has 1 aromatic carbocycles. The number of carbonyl (C=O) groups excluding carboxylic acids is 1. The van der Waals surface area contributed by atoms with E-state index in [2.05, 4.69) is 22.8 Å². The fraction of sp³-hybridized carbons (Fsp3) is 0.533. The highest BCUT2D eigenvalue weighted by molar-refractivity contribution is 7.99. The van der Waals surface area contributed by atoms with Crippen molar-refractivity contribution in [1.29, 1.82) is 0 Å². The van der Waals surface area contributed by atoms with E-state index in [9.17, 15) is 9.90 Å². The molecule has 1 fully saturated rings. The molecule has 0 saturated carbocycles. The van der Waals surface area contributed by atoms with Crippen molar-refractivity contribution in [2.75, 3.05) is 25.4 Å². The second kappa shape index (κ2) is 7.49. The van der Waals surface area contributed by atoms with Gasteiger partial charge in [-0.1, -0.05) is 18.2 Å². The van der Waals surface area contributed by atoms with Crippen LogP contribution in [0, 0.1) is 5.92 Å². The number of hydrogen-bond acceptors (Lipinski definition) is 4. The fourth-order valence-corrected chi connectivity index (χ4v) is 4.02. The summed E-state index contributed by atoms with van der Waals surface area (Å²) in [5.41, 5.74) is 1.14. The molecular formula is C15H21ClN2O2S. The van der Waals surface area contributed by atoms with Crippen molar-refractivity contribution in [3.8, 4) is 0 Å². The standard InChI is InChI=1S/C15H20N2O2S.ClH/c18-13-9-16-7-10(13)8-17-15(19)12-5-6-20-14-4-2-1-3-11(12)14;/h1-4,10,12-13,16,18H,5-9H2,(H,17,19);1H. The normalized spacial score (nSPS) is 27.6. The van der Waals surface area contributed by atoms with Gasteiger partial charge < -0.3 is 15.7 Å². The number of amides is 1. The predicted molar refractivity (Wildman–Crippen MR) is 87.1 cm³/mol. The van der Waals surface area contributed by atoms with Crippen molar-refractivity contribution in [1.82, 2.24) is 10.6 Å². The molecule has 0 aliphatic carbocycles. The largest absolute Gasteiger partial charge is 0.391 e. The average molecular weight is 329 g/mol. The van der Waals surface area contributed by atoms with E-state index in [1.165, 1.54) is 4.90 Å². The van der Waals surface area contributed by atoms with E-state index in [0.29, 0.717) is 13.1 Å². The molecule has 3 rings (SSSR count). The van der Waals surface area contributed by atoms with Crippen molar-refractivity contribution < 1.29 is 9.90 Å². The van der Waals surface area contributed by atoms with E-state index in [1.54, 1.807) is 0 Å². The van der Waals surface area contributed by atoms with E-state index < -0.39 is 0 Å². The van der Waals surface area contributed by atoms with Crippen LogP contribution >= 0.6 is 24.2 Å². The van der Waals surface area contributed by atoms with Gasteiger partial charge in [-0.2, -0.15) is 0 Å². The van der Waals surface area contributed by atoms with Crippen LogP contribution in [0.3, 0.4) is 0 Å². The molecule has 0 aromatic heterocycles. The van der Waals surface area contributed by atoms with E-state index in [4.69, 9.17) is 0 Å². The zero-order chi connectivity index (χ0) is 13.9. The van der Waals surface area contributed by atoms with Gasteiger partial charge in [0, 0.05) is 30.4 Å². The topological polar surface area (TPSA) is 61.4 Å². The Kier molecular flexibility index (Phi) is 5.93. The van der Waals surface area contributed by atoms with Crippen LogP contribution in [0.1, 0.15) is 17.9 Å². The smallest absolute Gasteiger partial charge is 0.227 e. The number of fused-ring (bicyclic) bond motifs is 1. The minimum absolute atomic E-state index is 0. The molecule has 2 aliphatic rings. The van der Waals surface area contributed by atoms with E-state index in [1.807, 2.05) is 23.9 Å². The number of thioether (sulfide) groups is 1. The lowest BCUT2D eigenvalue weighted by Crippen LogP contribution is -2.37. The predicted octanol–water partition coefficient (Wildman–Crippen LogP) is 1.38. The third kappa shape index (κ3) is 3.72. The molecule has 2 aliphatic heterocycles. The Hall–Kier alpha value is -0.750. The summed E-state index contributed by atoms with van der Waals surface area (Å²) in [4.78, 5) is 13.6. The van der Waals surface area contributed by atoms with Crippen molar-refractivity contribution in [3.63, 3.8) is 0 Å². The first-order valence-electron chi connectivity index (χ1n) is 7.14. The molecule has 6 heteroatoms. The molecular weight excluding hydrogens is 308 g/mol. The molecule has 2 heterocycles. The lowest BCUT2D eigenvalue weighted by Gasteiger charge is -2.25. The first kappa shape index (κ1) is 16.6. The van der Waals surface area contributed by atoms with Crippen LogP contribution < -0.4 is 10.6 Å².